The van der Waals surface area contributed by atoms with Crippen LogP contribution in [-0.2, 0) is 22.0 Å². The molecule has 0 bridgehead atoms. The van der Waals surface area contributed by atoms with E-state index in [0.29, 0.717) is 5.69 Å². The number of nitrogens with zero attached hydrogens (tertiary/aromatic N) is 2. The van der Waals surface area contributed by atoms with Gasteiger partial charge in [0.15, 0.2) is 0 Å². The number of aromatic nitrogens is 1. The van der Waals surface area contributed by atoms with Crippen LogP contribution >= 0.6 is 0 Å². The molecule has 0 saturated carbocycles. The van der Waals surface area contributed by atoms with E-state index < -0.39 is 15.4 Å². The number of rotatable bonds is 4. The Kier molecular flexibility index (Phi) is 5.12. The molecule has 36 heavy (non-hydrogen) atoms. The first-order valence-corrected chi connectivity index (χ1v) is 13.3. The van der Waals surface area contributed by atoms with Gasteiger partial charge in [-0.3, -0.25) is 8.87 Å². The van der Waals surface area contributed by atoms with Crippen molar-refractivity contribution in [3.63, 3.8) is 0 Å². The van der Waals surface area contributed by atoms with Crippen molar-refractivity contribution in [1.29, 1.82) is 0 Å². The third-order valence-electron chi connectivity index (χ3n) is 7.18. The third-order valence-corrected chi connectivity index (χ3v) is 8.99. The quantitative estimate of drug-likeness (QED) is 0.414. The fourth-order valence-electron chi connectivity index (χ4n) is 5.26. The zero-order chi connectivity index (χ0) is 24.9. The minimum atomic E-state index is -3.81. The Balaban J connectivity index is 1.24. The van der Waals surface area contributed by atoms with Gasteiger partial charge in [0.1, 0.15) is 0 Å². The highest BCUT2D eigenvalue weighted by atomic mass is 32.2. The highest BCUT2D eigenvalue weighted by molar-refractivity contribution is 7.93. The first kappa shape index (κ1) is 22.4. The van der Waals surface area contributed by atoms with Crippen LogP contribution in [-0.4, -0.2) is 25.1 Å². The van der Waals surface area contributed by atoms with Crippen molar-refractivity contribution in [1.82, 2.24) is 9.88 Å². The van der Waals surface area contributed by atoms with E-state index in [4.69, 9.17) is 0 Å². The Morgan fingerprint density at radius 1 is 0.944 bits per heavy atom. The minimum Gasteiger partial charge on any atom is -0.333 e. The predicted molar refractivity (Wildman–Crippen MR) is 142 cm³/mol. The zero-order valence-corrected chi connectivity index (χ0v) is 20.5. The van der Waals surface area contributed by atoms with Crippen molar-refractivity contribution in [2.45, 2.75) is 29.8 Å². The van der Waals surface area contributed by atoms with Gasteiger partial charge in [-0.15, -0.1) is 0 Å². The van der Waals surface area contributed by atoms with Crippen molar-refractivity contribution >= 4 is 32.6 Å². The molecule has 2 unspecified atom stereocenters. The van der Waals surface area contributed by atoms with Gasteiger partial charge in [-0.2, -0.15) is 0 Å². The fraction of sp³-hybridized carbons (Fsp3) is 0.138. The monoisotopic (exact) mass is 495 g/mol. The van der Waals surface area contributed by atoms with Crippen LogP contribution in [0.25, 0.3) is 10.9 Å². The number of allylic oxidation sites excluding steroid dienone is 2. The van der Waals surface area contributed by atoms with E-state index in [9.17, 15) is 13.2 Å². The molecule has 2 aliphatic rings. The average Bonchev–Trinajstić information content (AvgIpc) is 3.45. The van der Waals surface area contributed by atoms with Crippen LogP contribution in [0.15, 0.2) is 114 Å². The lowest BCUT2D eigenvalue weighted by atomic mass is 9.76. The highest BCUT2D eigenvalue weighted by Gasteiger charge is 2.50. The number of carbonyl (C=O) groups is 1. The first-order chi connectivity index (χ1) is 17.4. The second-order valence-corrected chi connectivity index (χ2v) is 11.2. The van der Waals surface area contributed by atoms with Crippen molar-refractivity contribution in [2.75, 3.05) is 4.31 Å². The maximum atomic E-state index is 13.8. The third kappa shape index (κ3) is 3.38. The molecule has 7 heteroatoms. The molecule has 1 amide bonds. The smallest absolute Gasteiger partial charge is 0.326 e. The lowest BCUT2D eigenvalue weighted by Crippen LogP contribution is -2.44. The van der Waals surface area contributed by atoms with Gasteiger partial charge in [0.25, 0.3) is 10.0 Å². The van der Waals surface area contributed by atoms with Crippen molar-refractivity contribution in [2.24, 2.45) is 0 Å². The normalized spacial score (nSPS) is 20.4. The summed E-state index contributed by atoms with van der Waals surface area (Å²) < 4.78 is 30.8. The molecule has 6 rings (SSSR count). The Morgan fingerprint density at radius 2 is 1.69 bits per heavy atom. The molecule has 0 radical (unpaired) electrons. The van der Waals surface area contributed by atoms with E-state index in [1.807, 2.05) is 72.8 Å². The largest absolute Gasteiger partial charge is 0.333 e. The number of nitrogens with one attached hydrogen (secondary N) is 1. The molecule has 0 fully saturated rings. The second-order valence-electron chi connectivity index (χ2n) is 9.34. The molecular formula is C29H25N3O3S. The van der Waals surface area contributed by atoms with Crippen LogP contribution in [0.5, 0.6) is 0 Å². The maximum Gasteiger partial charge on any atom is 0.326 e. The average molecular weight is 496 g/mol. The first-order valence-electron chi connectivity index (χ1n) is 11.8. The van der Waals surface area contributed by atoms with Gasteiger partial charge in [-0.25, -0.2) is 13.2 Å². The summed E-state index contributed by atoms with van der Waals surface area (Å²) in [6, 6.07) is 23.4. The van der Waals surface area contributed by atoms with Crippen molar-refractivity contribution in [3.8, 4) is 0 Å². The Morgan fingerprint density at radius 3 is 2.53 bits per heavy atom. The summed E-state index contributed by atoms with van der Waals surface area (Å²) in [7, 11) is -3.81. The molecule has 1 aromatic heterocycles. The molecule has 3 aromatic carbocycles. The summed E-state index contributed by atoms with van der Waals surface area (Å²) in [6.45, 7) is 2.36. The van der Waals surface area contributed by atoms with Crippen LogP contribution in [0.2, 0.25) is 0 Å². The lowest BCUT2D eigenvalue weighted by Gasteiger charge is -2.33. The Bertz CT molecular complexity index is 1650. The summed E-state index contributed by atoms with van der Waals surface area (Å²) in [5.74, 6) is 0. The summed E-state index contributed by atoms with van der Waals surface area (Å²) >= 11 is 0. The van der Waals surface area contributed by atoms with E-state index in [1.165, 1.54) is 4.31 Å². The summed E-state index contributed by atoms with van der Waals surface area (Å²) in [4.78, 5) is 12.9. The zero-order valence-electron chi connectivity index (χ0n) is 19.7. The number of para-hydroxylation sites is 2. The SMILES string of the molecule is CC12C=CC=CC1N(S(=O)(=O)c1ccc(CNC(=O)n3ccc4ccccc43)cc1)c1ccccc12. The predicted octanol–water partition coefficient (Wildman–Crippen LogP) is 5.36. The molecular weight excluding hydrogens is 470 g/mol. The van der Waals surface area contributed by atoms with E-state index in [2.05, 4.69) is 18.3 Å². The number of carbonyl (C=O) groups excluding carboxylic acids is 1. The van der Waals surface area contributed by atoms with Crippen LogP contribution in [0.3, 0.4) is 0 Å². The molecule has 0 spiro atoms. The molecule has 180 valence electrons. The molecule has 1 aliphatic carbocycles. The Labute approximate surface area is 210 Å². The van der Waals surface area contributed by atoms with Gasteiger partial charge in [-0.05, 0) is 48.4 Å². The highest BCUT2D eigenvalue weighted by Crippen LogP contribution is 2.50. The van der Waals surface area contributed by atoms with E-state index >= 15 is 0 Å². The van der Waals surface area contributed by atoms with Crippen molar-refractivity contribution < 1.29 is 13.2 Å². The second kappa shape index (κ2) is 8.24. The summed E-state index contributed by atoms with van der Waals surface area (Å²) in [5.41, 5.74) is 2.92. The van der Waals surface area contributed by atoms with Gasteiger partial charge >= 0.3 is 6.03 Å². The number of fused-ring (bicyclic) bond motifs is 4. The van der Waals surface area contributed by atoms with E-state index in [0.717, 1.165) is 22.0 Å². The topological polar surface area (TPSA) is 71.4 Å². The molecule has 1 N–H and O–H groups in total. The molecule has 4 aromatic rings. The van der Waals surface area contributed by atoms with Crippen LogP contribution in [0.4, 0.5) is 10.5 Å². The number of anilines is 1. The fourth-order valence-corrected chi connectivity index (χ4v) is 6.97. The van der Waals surface area contributed by atoms with E-state index in [-0.39, 0.29) is 23.5 Å². The number of sulfonamides is 1. The summed E-state index contributed by atoms with van der Waals surface area (Å²) in [5, 5.41) is 3.90. The molecule has 1 aliphatic heterocycles. The Hall–Kier alpha value is -4.10. The van der Waals surface area contributed by atoms with Crippen LogP contribution in [0.1, 0.15) is 18.1 Å². The standard InChI is InChI=1S/C29H25N3O3S/c1-29-18-7-6-12-27(29)32(26-11-5-3-9-24(26)29)36(34,35)23-15-13-21(14-16-23)20-30-28(33)31-19-17-22-8-2-4-10-25(22)31/h2-19,27H,20H2,1H3,(H,30,33). The number of hydrogen-bond acceptors (Lipinski definition) is 3. The molecule has 2 heterocycles. The van der Waals surface area contributed by atoms with Gasteiger partial charge < -0.3 is 5.32 Å². The molecule has 2 atom stereocenters. The number of amides is 1. The maximum absolute atomic E-state index is 13.8. The van der Waals surface area contributed by atoms with Crippen LogP contribution < -0.4 is 9.62 Å². The number of benzene rings is 3. The molecule has 6 nitrogen and oxygen atoms in total. The number of hydrogen-bond donors (Lipinski definition) is 1. The van der Waals surface area contributed by atoms with Crippen molar-refractivity contribution in [3.05, 3.63) is 120 Å². The van der Waals surface area contributed by atoms with Gasteiger partial charge in [0.2, 0.25) is 0 Å². The van der Waals surface area contributed by atoms with E-state index in [1.54, 1.807) is 35.0 Å². The van der Waals surface area contributed by atoms with Crippen LogP contribution in [0, 0.1) is 0 Å². The van der Waals surface area contributed by atoms with Gasteiger partial charge in [0.05, 0.1) is 22.1 Å². The van der Waals surface area contributed by atoms with Gasteiger partial charge in [-0.1, -0.05) is 72.8 Å². The summed E-state index contributed by atoms with van der Waals surface area (Å²) in [6.07, 6.45) is 9.65. The minimum absolute atomic E-state index is 0.219. The molecule has 0 saturated heterocycles. The van der Waals surface area contributed by atoms with Gasteiger partial charge in [0, 0.05) is 23.5 Å². The lowest BCUT2D eigenvalue weighted by molar-refractivity contribution is 0.243.